The van der Waals surface area contributed by atoms with Gasteiger partial charge < -0.3 is 16.4 Å². The molecule has 3 aliphatic rings. The summed E-state index contributed by atoms with van der Waals surface area (Å²) in [6.07, 6.45) is 8.83. The molecule has 0 radical (unpaired) electrons. The van der Waals surface area contributed by atoms with E-state index >= 15 is 0 Å². The summed E-state index contributed by atoms with van der Waals surface area (Å²) in [5, 5.41) is 7.12. The highest BCUT2D eigenvalue weighted by molar-refractivity contribution is 5.54. The molecule has 0 unspecified atom stereocenters. The highest BCUT2D eigenvalue weighted by Gasteiger charge is 2.42. The monoisotopic (exact) mass is 301 g/mol. The molecule has 5 nitrogen and oxygen atoms in total. The van der Waals surface area contributed by atoms with E-state index in [2.05, 4.69) is 22.5 Å². The Labute approximate surface area is 132 Å². The first-order chi connectivity index (χ1) is 10.7. The van der Waals surface area contributed by atoms with Gasteiger partial charge in [0.05, 0.1) is 5.69 Å². The Balaban J connectivity index is 1.72. The lowest BCUT2D eigenvalue weighted by molar-refractivity contribution is 0.357. The average molecular weight is 301 g/mol. The van der Waals surface area contributed by atoms with Gasteiger partial charge in [-0.2, -0.15) is 4.98 Å². The molecule has 5 heteroatoms. The molecule has 22 heavy (non-hydrogen) atoms. The zero-order chi connectivity index (χ0) is 15.2. The predicted molar refractivity (Wildman–Crippen MR) is 89.0 cm³/mol. The summed E-state index contributed by atoms with van der Waals surface area (Å²) in [6, 6.07) is 0.444. The summed E-state index contributed by atoms with van der Waals surface area (Å²) in [5.41, 5.74) is 8.97. The van der Waals surface area contributed by atoms with Crippen LogP contribution >= 0.6 is 0 Å². The molecule has 2 atom stereocenters. The Morgan fingerprint density at radius 2 is 1.91 bits per heavy atom. The number of rotatable bonds is 2. The highest BCUT2D eigenvalue weighted by Crippen LogP contribution is 2.49. The van der Waals surface area contributed by atoms with Crippen LogP contribution in [0.1, 0.15) is 56.7 Å². The predicted octanol–water partition coefficient (Wildman–Crippen LogP) is 2.23. The van der Waals surface area contributed by atoms with Gasteiger partial charge in [-0.15, -0.1) is 0 Å². The van der Waals surface area contributed by atoms with Gasteiger partial charge in [-0.05, 0) is 44.6 Å². The van der Waals surface area contributed by atoms with Crippen LogP contribution in [0.4, 0.5) is 11.8 Å². The molecule has 1 spiro atoms. The summed E-state index contributed by atoms with van der Waals surface area (Å²) in [6.45, 7) is 4.36. The maximum Gasteiger partial charge on any atom is 0.222 e. The van der Waals surface area contributed by atoms with Crippen LogP contribution in [0.3, 0.4) is 0 Å². The second-order valence-corrected chi connectivity index (χ2v) is 7.48. The van der Waals surface area contributed by atoms with Crippen LogP contribution in [0, 0.1) is 5.92 Å². The van der Waals surface area contributed by atoms with Crippen molar-refractivity contribution < 1.29 is 0 Å². The van der Waals surface area contributed by atoms with Crippen LogP contribution < -0.4 is 16.4 Å². The van der Waals surface area contributed by atoms with Crippen molar-refractivity contribution in [2.75, 3.05) is 24.1 Å². The Kier molecular flexibility index (Phi) is 3.48. The smallest absolute Gasteiger partial charge is 0.222 e. The SMILES string of the molecule is C[C@H]1CNC[C@@H]1Nc1nc(N)nc2c1CCCC21CCCC1. The fourth-order valence-electron chi connectivity index (χ4n) is 4.74. The van der Waals surface area contributed by atoms with Gasteiger partial charge >= 0.3 is 0 Å². The van der Waals surface area contributed by atoms with E-state index < -0.39 is 0 Å². The molecular formula is C17H27N5. The third kappa shape index (κ3) is 2.26. The van der Waals surface area contributed by atoms with E-state index in [1.165, 1.54) is 49.8 Å². The molecule has 1 aromatic heterocycles. The van der Waals surface area contributed by atoms with Crippen LogP contribution in [0.2, 0.25) is 0 Å². The van der Waals surface area contributed by atoms with Crippen molar-refractivity contribution in [1.29, 1.82) is 0 Å². The molecule has 4 rings (SSSR count). The van der Waals surface area contributed by atoms with Crippen LogP contribution in [0.25, 0.3) is 0 Å². The topological polar surface area (TPSA) is 75.9 Å². The van der Waals surface area contributed by atoms with Crippen molar-refractivity contribution in [3.8, 4) is 0 Å². The number of nitrogens with two attached hydrogens (primary N) is 1. The van der Waals surface area contributed by atoms with Gasteiger partial charge in [0.25, 0.3) is 0 Å². The average Bonchev–Trinajstić information content (AvgIpc) is 3.11. The van der Waals surface area contributed by atoms with Gasteiger partial charge in [0.1, 0.15) is 5.82 Å². The summed E-state index contributed by atoms with van der Waals surface area (Å²) in [4.78, 5) is 9.28. The van der Waals surface area contributed by atoms with Gasteiger partial charge in [0.2, 0.25) is 5.95 Å². The van der Waals surface area contributed by atoms with Crippen molar-refractivity contribution >= 4 is 11.8 Å². The molecule has 1 saturated heterocycles. The Bertz CT molecular complexity index is 564. The van der Waals surface area contributed by atoms with Crippen LogP contribution in [-0.4, -0.2) is 29.1 Å². The quantitative estimate of drug-likeness (QED) is 0.781. The number of hydrogen-bond acceptors (Lipinski definition) is 5. The first-order valence-corrected chi connectivity index (χ1v) is 8.82. The summed E-state index contributed by atoms with van der Waals surface area (Å²) in [5.74, 6) is 2.07. The molecule has 1 saturated carbocycles. The van der Waals surface area contributed by atoms with Crippen molar-refractivity contribution in [2.45, 2.75) is 63.3 Å². The zero-order valence-corrected chi connectivity index (χ0v) is 13.5. The standard InChI is InChI=1S/C17H27N5/c1-11-9-19-10-13(11)20-15-12-5-4-8-17(6-2-3-7-17)14(12)21-16(18)22-15/h11,13,19H,2-10H2,1H3,(H3,18,20,21,22)/t11-,13-/m0/s1. The molecule has 2 fully saturated rings. The summed E-state index contributed by atoms with van der Waals surface area (Å²) in [7, 11) is 0. The van der Waals surface area contributed by atoms with E-state index in [9.17, 15) is 0 Å². The Morgan fingerprint density at radius 1 is 1.14 bits per heavy atom. The molecule has 120 valence electrons. The van der Waals surface area contributed by atoms with Gasteiger partial charge in [-0.25, -0.2) is 4.98 Å². The number of nitrogens with zero attached hydrogens (tertiary/aromatic N) is 2. The van der Waals surface area contributed by atoms with Crippen molar-refractivity contribution in [2.24, 2.45) is 5.92 Å². The molecule has 0 amide bonds. The minimum atomic E-state index is 0.292. The Morgan fingerprint density at radius 3 is 2.64 bits per heavy atom. The van der Waals surface area contributed by atoms with E-state index in [1.54, 1.807) is 0 Å². The van der Waals surface area contributed by atoms with E-state index in [0.29, 0.717) is 23.3 Å². The fraction of sp³-hybridized carbons (Fsp3) is 0.765. The molecule has 2 heterocycles. The number of aromatic nitrogens is 2. The van der Waals surface area contributed by atoms with E-state index in [0.717, 1.165) is 25.3 Å². The Hall–Kier alpha value is -1.36. The molecule has 0 bridgehead atoms. The van der Waals surface area contributed by atoms with Gasteiger partial charge in [0.15, 0.2) is 0 Å². The number of nitrogen functional groups attached to an aromatic ring is 1. The third-order valence-electron chi connectivity index (χ3n) is 6.01. The molecule has 0 aromatic carbocycles. The van der Waals surface area contributed by atoms with Gasteiger partial charge in [-0.3, -0.25) is 0 Å². The van der Waals surface area contributed by atoms with Crippen LogP contribution in [0.15, 0.2) is 0 Å². The first kappa shape index (κ1) is 14.2. The molecule has 1 aromatic rings. The number of anilines is 2. The minimum Gasteiger partial charge on any atom is -0.368 e. The van der Waals surface area contributed by atoms with Gasteiger partial charge in [-0.1, -0.05) is 19.8 Å². The van der Waals surface area contributed by atoms with Crippen molar-refractivity contribution in [3.63, 3.8) is 0 Å². The zero-order valence-electron chi connectivity index (χ0n) is 13.5. The van der Waals surface area contributed by atoms with Crippen molar-refractivity contribution in [1.82, 2.24) is 15.3 Å². The number of nitrogens with one attached hydrogen (secondary N) is 2. The second-order valence-electron chi connectivity index (χ2n) is 7.48. The first-order valence-electron chi connectivity index (χ1n) is 8.82. The van der Waals surface area contributed by atoms with E-state index in [-0.39, 0.29) is 0 Å². The number of fused-ring (bicyclic) bond motifs is 2. The maximum atomic E-state index is 6.06. The maximum absolute atomic E-state index is 6.06. The third-order valence-corrected chi connectivity index (χ3v) is 6.01. The summed E-state index contributed by atoms with van der Waals surface area (Å²) < 4.78 is 0. The fourth-order valence-corrected chi connectivity index (χ4v) is 4.74. The highest BCUT2D eigenvalue weighted by atomic mass is 15.1. The summed E-state index contributed by atoms with van der Waals surface area (Å²) >= 11 is 0. The van der Waals surface area contributed by atoms with Crippen molar-refractivity contribution in [3.05, 3.63) is 11.3 Å². The lowest BCUT2D eigenvalue weighted by atomic mass is 9.71. The van der Waals surface area contributed by atoms with E-state index in [4.69, 9.17) is 10.7 Å². The minimum absolute atomic E-state index is 0.292. The molecule has 4 N–H and O–H groups in total. The normalized spacial score (nSPS) is 29.7. The lowest BCUT2D eigenvalue weighted by Gasteiger charge is -2.35. The van der Waals surface area contributed by atoms with Crippen LogP contribution in [0.5, 0.6) is 0 Å². The van der Waals surface area contributed by atoms with Gasteiger partial charge in [0, 0.05) is 23.6 Å². The largest absolute Gasteiger partial charge is 0.368 e. The molecule has 1 aliphatic heterocycles. The van der Waals surface area contributed by atoms with Crippen LogP contribution in [-0.2, 0) is 11.8 Å². The lowest BCUT2D eigenvalue weighted by Crippen LogP contribution is -2.33. The second kappa shape index (κ2) is 5.37. The molecule has 2 aliphatic carbocycles. The molecular weight excluding hydrogens is 274 g/mol. The van der Waals surface area contributed by atoms with E-state index in [1.807, 2.05) is 0 Å². The number of hydrogen-bond donors (Lipinski definition) is 3.